The molecule has 2 fully saturated rings. The van der Waals surface area contributed by atoms with Crippen LogP contribution < -0.4 is 5.32 Å². The lowest BCUT2D eigenvalue weighted by Crippen LogP contribution is -2.59. The molecule has 4 nitrogen and oxygen atoms in total. The molecule has 0 aliphatic carbocycles. The molecule has 1 N–H and O–H groups in total. The van der Waals surface area contributed by atoms with Gasteiger partial charge in [0, 0.05) is 38.3 Å². The van der Waals surface area contributed by atoms with Gasteiger partial charge in [0.15, 0.2) is 0 Å². The fourth-order valence-electron chi connectivity index (χ4n) is 5.71. The molecular formula is C25H31N3O. The molecule has 0 saturated carbocycles. The highest BCUT2D eigenvalue weighted by molar-refractivity contribution is 5.74. The van der Waals surface area contributed by atoms with Gasteiger partial charge in [-0.2, -0.15) is 0 Å². The predicted octanol–water partition coefficient (Wildman–Crippen LogP) is 4.02. The van der Waals surface area contributed by atoms with Gasteiger partial charge in [0.2, 0.25) is 0 Å². The molecule has 3 heterocycles. The van der Waals surface area contributed by atoms with Gasteiger partial charge in [0.05, 0.1) is 0 Å². The van der Waals surface area contributed by atoms with Crippen LogP contribution in [-0.2, 0) is 12.8 Å². The summed E-state index contributed by atoms with van der Waals surface area (Å²) in [6, 6.07) is 20.3. The molecule has 0 unspecified atom stereocenters. The van der Waals surface area contributed by atoms with Crippen LogP contribution in [0.15, 0.2) is 54.6 Å². The lowest BCUT2D eigenvalue weighted by molar-refractivity contribution is 0.00579. The number of rotatable bonds is 3. The molecule has 5 rings (SSSR count). The van der Waals surface area contributed by atoms with E-state index in [2.05, 4.69) is 63.6 Å². The van der Waals surface area contributed by atoms with Crippen molar-refractivity contribution in [3.8, 4) is 0 Å². The maximum atomic E-state index is 13.1. The van der Waals surface area contributed by atoms with Crippen LogP contribution in [0, 0.1) is 5.92 Å². The van der Waals surface area contributed by atoms with Gasteiger partial charge in [0.1, 0.15) is 0 Å². The van der Waals surface area contributed by atoms with E-state index < -0.39 is 0 Å². The van der Waals surface area contributed by atoms with Crippen molar-refractivity contribution >= 4 is 6.03 Å². The van der Waals surface area contributed by atoms with Crippen LogP contribution in [0.5, 0.6) is 0 Å². The fourth-order valence-corrected chi connectivity index (χ4v) is 5.71. The van der Waals surface area contributed by atoms with Crippen LogP contribution in [0.2, 0.25) is 0 Å². The number of amides is 2. The highest BCUT2D eigenvalue weighted by atomic mass is 16.2. The van der Waals surface area contributed by atoms with Crippen LogP contribution >= 0.6 is 0 Å². The second-order valence-corrected chi connectivity index (χ2v) is 8.83. The first-order chi connectivity index (χ1) is 14.3. The smallest absolute Gasteiger partial charge is 0.317 e. The van der Waals surface area contributed by atoms with E-state index in [9.17, 15) is 4.79 Å². The maximum absolute atomic E-state index is 13.1. The number of hydrogen-bond acceptors (Lipinski definition) is 2. The number of carbonyl (C=O) groups is 1. The average Bonchev–Trinajstić information content (AvgIpc) is 2.78. The SMILES string of the molecule is O=C(NCCc1ccccc1)N1CCC[C@@H]2CN3CCc4ccccc4[C@H]3C[C@@H]21. The molecule has 0 radical (unpaired) electrons. The number of fused-ring (bicyclic) bond motifs is 4. The minimum atomic E-state index is 0.133. The molecule has 29 heavy (non-hydrogen) atoms. The van der Waals surface area contributed by atoms with Crippen molar-refractivity contribution in [1.29, 1.82) is 0 Å². The van der Waals surface area contributed by atoms with Crippen molar-refractivity contribution < 1.29 is 4.79 Å². The van der Waals surface area contributed by atoms with Crippen molar-refractivity contribution in [1.82, 2.24) is 15.1 Å². The van der Waals surface area contributed by atoms with Crippen LogP contribution in [-0.4, -0.2) is 48.1 Å². The van der Waals surface area contributed by atoms with Crippen molar-refractivity contribution in [2.24, 2.45) is 5.92 Å². The summed E-state index contributed by atoms with van der Waals surface area (Å²) in [7, 11) is 0. The molecule has 3 aliphatic heterocycles. The van der Waals surface area contributed by atoms with E-state index >= 15 is 0 Å². The number of urea groups is 1. The third-order valence-corrected chi connectivity index (χ3v) is 7.17. The Morgan fingerprint density at radius 2 is 1.86 bits per heavy atom. The molecule has 0 bridgehead atoms. The largest absolute Gasteiger partial charge is 0.338 e. The average molecular weight is 390 g/mol. The Kier molecular flexibility index (Phi) is 5.28. The maximum Gasteiger partial charge on any atom is 0.317 e. The van der Waals surface area contributed by atoms with E-state index in [-0.39, 0.29) is 6.03 Å². The Labute approximate surface area is 173 Å². The standard InChI is InChI=1S/C25H31N3O/c29-25(26-14-12-19-7-2-1-3-8-19)28-15-6-10-21-18-27-16-13-20-9-4-5-11-22(20)24(27)17-23(21)28/h1-5,7-9,11,21,23-24H,6,10,12-18H2,(H,26,29)/t21-,23+,24-/m1/s1. The lowest BCUT2D eigenvalue weighted by atomic mass is 9.77. The fraction of sp³-hybridized carbons (Fsp3) is 0.480. The summed E-state index contributed by atoms with van der Waals surface area (Å²) in [5, 5.41) is 3.20. The monoisotopic (exact) mass is 389 g/mol. The summed E-state index contributed by atoms with van der Waals surface area (Å²) in [5.74, 6) is 0.616. The van der Waals surface area contributed by atoms with Gasteiger partial charge < -0.3 is 10.2 Å². The number of benzene rings is 2. The van der Waals surface area contributed by atoms with E-state index in [0.717, 1.165) is 45.3 Å². The summed E-state index contributed by atoms with van der Waals surface area (Å²) in [4.78, 5) is 17.9. The summed E-state index contributed by atoms with van der Waals surface area (Å²) in [6.07, 6.45) is 5.51. The van der Waals surface area contributed by atoms with E-state index in [1.807, 2.05) is 6.07 Å². The molecule has 0 aromatic heterocycles. The second kappa shape index (κ2) is 8.19. The lowest BCUT2D eigenvalue weighted by Gasteiger charge is -2.52. The Bertz CT molecular complexity index is 852. The van der Waals surface area contributed by atoms with Gasteiger partial charge in [-0.25, -0.2) is 4.79 Å². The normalized spacial score (nSPS) is 26.2. The van der Waals surface area contributed by atoms with E-state index in [1.165, 1.54) is 23.1 Å². The Balaban J connectivity index is 1.26. The summed E-state index contributed by atoms with van der Waals surface area (Å²) < 4.78 is 0. The van der Waals surface area contributed by atoms with E-state index in [4.69, 9.17) is 0 Å². The van der Waals surface area contributed by atoms with Crippen molar-refractivity contribution in [2.45, 2.75) is 44.2 Å². The third kappa shape index (κ3) is 3.78. The Morgan fingerprint density at radius 1 is 1.03 bits per heavy atom. The molecule has 4 heteroatoms. The molecule has 0 spiro atoms. The number of hydrogen-bond donors (Lipinski definition) is 1. The first-order valence-corrected chi connectivity index (χ1v) is 11.2. The van der Waals surface area contributed by atoms with Crippen molar-refractivity contribution in [2.75, 3.05) is 26.2 Å². The minimum absolute atomic E-state index is 0.133. The zero-order valence-corrected chi connectivity index (χ0v) is 17.1. The first-order valence-electron chi connectivity index (χ1n) is 11.2. The molecule has 3 aliphatic rings. The second-order valence-electron chi connectivity index (χ2n) is 8.83. The molecule has 2 aromatic rings. The van der Waals surface area contributed by atoms with Gasteiger partial charge in [-0.05, 0) is 54.7 Å². The summed E-state index contributed by atoms with van der Waals surface area (Å²) in [5.41, 5.74) is 4.27. The molecule has 2 aromatic carbocycles. The Morgan fingerprint density at radius 3 is 2.76 bits per heavy atom. The number of likely N-dealkylation sites (tertiary alicyclic amines) is 1. The summed E-state index contributed by atoms with van der Waals surface area (Å²) >= 11 is 0. The molecule has 2 amide bonds. The topological polar surface area (TPSA) is 35.6 Å². The highest BCUT2D eigenvalue weighted by Gasteiger charge is 2.43. The zero-order valence-electron chi connectivity index (χ0n) is 17.1. The van der Waals surface area contributed by atoms with E-state index in [0.29, 0.717) is 24.5 Å². The minimum Gasteiger partial charge on any atom is -0.338 e. The number of carbonyl (C=O) groups excluding carboxylic acids is 1. The molecule has 3 atom stereocenters. The number of nitrogens with one attached hydrogen (secondary N) is 1. The van der Waals surface area contributed by atoms with Gasteiger partial charge in [-0.1, -0.05) is 54.6 Å². The zero-order chi connectivity index (χ0) is 19.6. The Hall–Kier alpha value is -2.33. The molecule has 152 valence electrons. The van der Waals surface area contributed by atoms with Crippen LogP contribution in [0.3, 0.4) is 0 Å². The van der Waals surface area contributed by atoms with Gasteiger partial charge >= 0.3 is 6.03 Å². The van der Waals surface area contributed by atoms with Crippen LogP contribution in [0.4, 0.5) is 4.79 Å². The predicted molar refractivity (Wildman–Crippen MR) is 116 cm³/mol. The number of piperidine rings is 2. The summed E-state index contributed by atoms with van der Waals surface area (Å²) in [6.45, 7) is 3.90. The van der Waals surface area contributed by atoms with Gasteiger partial charge in [-0.15, -0.1) is 0 Å². The quantitative estimate of drug-likeness (QED) is 0.861. The molecular weight excluding hydrogens is 358 g/mol. The van der Waals surface area contributed by atoms with Crippen LogP contribution in [0.25, 0.3) is 0 Å². The third-order valence-electron chi connectivity index (χ3n) is 7.17. The van der Waals surface area contributed by atoms with Crippen molar-refractivity contribution in [3.05, 3.63) is 71.3 Å². The van der Waals surface area contributed by atoms with Crippen LogP contribution in [0.1, 0.15) is 42.0 Å². The van der Waals surface area contributed by atoms with Crippen molar-refractivity contribution in [3.63, 3.8) is 0 Å². The first kappa shape index (κ1) is 18.7. The van der Waals surface area contributed by atoms with E-state index in [1.54, 1.807) is 0 Å². The van der Waals surface area contributed by atoms with Gasteiger partial charge in [0.25, 0.3) is 0 Å². The molecule has 2 saturated heterocycles. The van der Waals surface area contributed by atoms with Gasteiger partial charge in [-0.3, -0.25) is 4.90 Å². The number of nitrogens with zero attached hydrogens (tertiary/aromatic N) is 2. The highest BCUT2D eigenvalue weighted by Crippen LogP contribution is 2.42.